The number of hydrogen-bond acceptors (Lipinski definition) is 4. The summed E-state index contributed by atoms with van der Waals surface area (Å²) < 4.78 is 0. The minimum absolute atomic E-state index is 0.324. The maximum atomic E-state index is 12.2. The minimum atomic E-state index is 0.324. The molecule has 21 heavy (non-hydrogen) atoms. The molecule has 0 aromatic carbocycles. The third-order valence-electron chi connectivity index (χ3n) is 4.00. The number of hydrogen-bond donors (Lipinski definition) is 1. The molecule has 1 aliphatic rings. The summed E-state index contributed by atoms with van der Waals surface area (Å²) in [5, 5.41) is 2.13. The first kappa shape index (κ1) is 16.5. The summed E-state index contributed by atoms with van der Waals surface area (Å²) in [6.45, 7) is 5.63. The highest BCUT2D eigenvalue weighted by Crippen LogP contribution is 2.14. The monoisotopic (exact) mass is 309 g/mol. The van der Waals surface area contributed by atoms with Gasteiger partial charge in [0.2, 0.25) is 5.91 Å². The summed E-state index contributed by atoms with van der Waals surface area (Å²) in [7, 11) is 0. The van der Waals surface area contributed by atoms with E-state index in [1.165, 1.54) is 4.88 Å². The second-order valence-corrected chi connectivity index (χ2v) is 6.72. The lowest BCUT2D eigenvalue weighted by molar-refractivity contribution is -0.131. The second kappa shape index (κ2) is 9.18. The number of rotatable bonds is 7. The van der Waals surface area contributed by atoms with Crippen molar-refractivity contribution in [3.05, 3.63) is 22.4 Å². The van der Waals surface area contributed by atoms with Gasteiger partial charge < -0.3 is 10.6 Å². The molecule has 5 heteroatoms. The summed E-state index contributed by atoms with van der Waals surface area (Å²) in [5.41, 5.74) is 5.48. The van der Waals surface area contributed by atoms with Crippen molar-refractivity contribution >= 4 is 17.2 Å². The quantitative estimate of drug-likeness (QED) is 0.786. The third-order valence-corrected chi connectivity index (χ3v) is 4.86. The molecule has 0 saturated carbocycles. The zero-order chi connectivity index (χ0) is 14.9. The summed E-state index contributed by atoms with van der Waals surface area (Å²) in [6.07, 6.45) is 4.85. The van der Waals surface area contributed by atoms with Gasteiger partial charge in [0.25, 0.3) is 0 Å². The van der Waals surface area contributed by atoms with Gasteiger partial charge in [0.1, 0.15) is 0 Å². The van der Waals surface area contributed by atoms with E-state index in [1.54, 1.807) is 0 Å². The van der Waals surface area contributed by atoms with E-state index in [0.717, 1.165) is 65.0 Å². The van der Waals surface area contributed by atoms with Crippen molar-refractivity contribution in [1.82, 2.24) is 9.80 Å². The number of thiophene rings is 1. The zero-order valence-electron chi connectivity index (χ0n) is 12.8. The molecule has 0 bridgehead atoms. The van der Waals surface area contributed by atoms with Crippen LogP contribution in [0.3, 0.4) is 0 Å². The van der Waals surface area contributed by atoms with Crippen molar-refractivity contribution in [3.63, 3.8) is 0 Å². The Balaban J connectivity index is 1.71. The molecule has 1 amide bonds. The molecule has 4 nitrogen and oxygen atoms in total. The Morgan fingerprint density at radius 3 is 2.86 bits per heavy atom. The minimum Gasteiger partial charge on any atom is -0.341 e. The van der Waals surface area contributed by atoms with Crippen molar-refractivity contribution in [3.8, 4) is 0 Å². The molecule has 2 rings (SSSR count). The smallest absolute Gasteiger partial charge is 0.222 e. The van der Waals surface area contributed by atoms with Crippen molar-refractivity contribution in [1.29, 1.82) is 0 Å². The lowest BCUT2D eigenvalue weighted by Gasteiger charge is -2.21. The molecule has 2 heterocycles. The van der Waals surface area contributed by atoms with Crippen LogP contribution >= 0.6 is 11.3 Å². The largest absolute Gasteiger partial charge is 0.341 e. The van der Waals surface area contributed by atoms with Gasteiger partial charge in [-0.2, -0.15) is 0 Å². The number of carbonyl (C=O) groups is 1. The van der Waals surface area contributed by atoms with Crippen molar-refractivity contribution in [2.45, 2.75) is 38.6 Å². The van der Waals surface area contributed by atoms with Crippen LogP contribution in [0.4, 0.5) is 0 Å². The fourth-order valence-corrected chi connectivity index (χ4v) is 3.50. The van der Waals surface area contributed by atoms with Crippen LogP contribution in [0.15, 0.2) is 17.5 Å². The Bertz CT molecular complexity index is 408. The Morgan fingerprint density at radius 1 is 1.19 bits per heavy atom. The second-order valence-electron chi connectivity index (χ2n) is 5.69. The molecule has 0 spiro atoms. The zero-order valence-corrected chi connectivity index (χ0v) is 13.6. The highest BCUT2D eigenvalue weighted by molar-refractivity contribution is 7.09. The number of nitrogens with zero attached hydrogens (tertiary/aromatic N) is 2. The molecule has 0 radical (unpaired) electrons. The van der Waals surface area contributed by atoms with E-state index in [9.17, 15) is 4.79 Å². The van der Waals surface area contributed by atoms with Crippen LogP contribution in [-0.4, -0.2) is 48.4 Å². The topological polar surface area (TPSA) is 49.6 Å². The first-order chi connectivity index (χ1) is 10.3. The van der Waals surface area contributed by atoms with Crippen LogP contribution in [0, 0.1) is 0 Å². The highest BCUT2D eigenvalue weighted by Gasteiger charge is 2.18. The van der Waals surface area contributed by atoms with Gasteiger partial charge in [-0.3, -0.25) is 9.69 Å². The highest BCUT2D eigenvalue weighted by atomic mass is 32.1. The summed E-state index contributed by atoms with van der Waals surface area (Å²) in [5.74, 6) is 0.324. The molecule has 2 N–H and O–H groups in total. The van der Waals surface area contributed by atoms with Crippen LogP contribution in [0.1, 0.15) is 37.0 Å². The normalized spacial score (nSPS) is 16.9. The lowest BCUT2D eigenvalue weighted by atomic mass is 10.2. The number of nitrogens with two attached hydrogens (primary N) is 1. The fourth-order valence-electron chi connectivity index (χ4n) is 2.76. The van der Waals surface area contributed by atoms with Gasteiger partial charge in [0.15, 0.2) is 0 Å². The average Bonchev–Trinajstić information content (AvgIpc) is 2.88. The van der Waals surface area contributed by atoms with Gasteiger partial charge in [-0.15, -0.1) is 11.3 Å². The van der Waals surface area contributed by atoms with E-state index in [0.29, 0.717) is 12.3 Å². The van der Waals surface area contributed by atoms with Gasteiger partial charge in [-0.25, -0.2) is 0 Å². The first-order valence-corrected chi connectivity index (χ1v) is 8.90. The molecular formula is C16H27N3OS. The van der Waals surface area contributed by atoms with Crippen molar-refractivity contribution in [2.75, 3.05) is 32.7 Å². The predicted molar refractivity (Wildman–Crippen MR) is 88.3 cm³/mol. The van der Waals surface area contributed by atoms with E-state index in [4.69, 9.17) is 5.73 Å². The molecule has 1 aromatic rings. The van der Waals surface area contributed by atoms with Crippen LogP contribution in [0.25, 0.3) is 0 Å². The van der Waals surface area contributed by atoms with Crippen LogP contribution in [0.5, 0.6) is 0 Å². The van der Waals surface area contributed by atoms with Gasteiger partial charge >= 0.3 is 0 Å². The van der Waals surface area contributed by atoms with E-state index >= 15 is 0 Å². The molecule has 1 aromatic heterocycles. The number of carbonyl (C=O) groups excluding carboxylic acids is 1. The Morgan fingerprint density at radius 2 is 2.10 bits per heavy atom. The molecule has 1 saturated heterocycles. The van der Waals surface area contributed by atoms with E-state index < -0.39 is 0 Å². The van der Waals surface area contributed by atoms with E-state index in [2.05, 4.69) is 27.3 Å². The maximum Gasteiger partial charge on any atom is 0.222 e. The fraction of sp³-hybridized carbons (Fsp3) is 0.688. The molecule has 0 atom stereocenters. The van der Waals surface area contributed by atoms with E-state index in [-0.39, 0.29) is 0 Å². The van der Waals surface area contributed by atoms with Crippen LogP contribution in [0.2, 0.25) is 0 Å². The van der Waals surface area contributed by atoms with Crippen LogP contribution < -0.4 is 5.73 Å². The lowest BCUT2D eigenvalue weighted by Crippen LogP contribution is -2.34. The van der Waals surface area contributed by atoms with Gasteiger partial charge in [-0.1, -0.05) is 12.5 Å². The first-order valence-electron chi connectivity index (χ1n) is 8.02. The van der Waals surface area contributed by atoms with Crippen LogP contribution in [-0.2, 0) is 11.3 Å². The molecule has 1 aliphatic heterocycles. The molecule has 118 valence electrons. The maximum absolute atomic E-state index is 12.2. The van der Waals surface area contributed by atoms with E-state index in [1.807, 2.05) is 11.3 Å². The average molecular weight is 309 g/mol. The Labute approximate surface area is 131 Å². The molecule has 0 aliphatic carbocycles. The summed E-state index contributed by atoms with van der Waals surface area (Å²) in [4.78, 5) is 18.1. The number of unbranched alkanes of at least 4 members (excludes halogenated alkanes) is 2. The van der Waals surface area contributed by atoms with Gasteiger partial charge in [0, 0.05) is 44.0 Å². The predicted octanol–water partition coefficient (Wildman–Crippen LogP) is 2.30. The van der Waals surface area contributed by atoms with Gasteiger partial charge in [-0.05, 0) is 37.3 Å². The standard InChI is InChI=1S/C16H27N3OS/c17-8-3-1-2-7-16(20)19-10-5-9-18(11-12-19)14-15-6-4-13-21-15/h4,6,13H,1-3,5,7-12,14,17H2. The number of amides is 1. The summed E-state index contributed by atoms with van der Waals surface area (Å²) in [6, 6.07) is 4.30. The van der Waals surface area contributed by atoms with Crippen molar-refractivity contribution in [2.24, 2.45) is 5.73 Å². The van der Waals surface area contributed by atoms with Gasteiger partial charge in [0.05, 0.1) is 0 Å². The molecular weight excluding hydrogens is 282 g/mol. The van der Waals surface area contributed by atoms with Crippen molar-refractivity contribution < 1.29 is 4.79 Å². The SMILES string of the molecule is NCCCCCC(=O)N1CCCN(Cc2cccs2)CC1. The molecule has 1 fully saturated rings. The molecule has 0 unspecified atom stereocenters. The summed E-state index contributed by atoms with van der Waals surface area (Å²) >= 11 is 1.81. The Kier molecular flexibility index (Phi) is 7.19. The third kappa shape index (κ3) is 5.77. The Hall–Kier alpha value is -0.910.